The van der Waals surface area contributed by atoms with Gasteiger partial charge in [0.15, 0.2) is 0 Å². The van der Waals surface area contributed by atoms with Crippen LogP contribution in [-0.4, -0.2) is 25.7 Å². The highest BCUT2D eigenvalue weighted by Crippen LogP contribution is 2.40. The van der Waals surface area contributed by atoms with Crippen LogP contribution < -0.4 is 10.6 Å². The molecule has 3 atom stereocenters. The molecule has 0 radical (unpaired) electrons. The monoisotopic (exact) mass is 230 g/mol. The Morgan fingerprint density at radius 3 is 2.88 bits per heavy atom. The molecule has 1 aliphatic heterocycles. The molecule has 92 valence electrons. The number of benzene rings is 1. The second-order valence-corrected chi connectivity index (χ2v) is 5.46. The highest BCUT2D eigenvalue weighted by Gasteiger charge is 2.37. The molecule has 0 spiro atoms. The highest BCUT2D eigenvalue weighted by atomic mass is 15.0. The molecule has 2 nitrogen and oxygen atoms in total. The Hall–Kier alpha value is -0.860. The van der Waals surface area contributed by atoms with Gasteiger partial charge < -0.3 is 10.6 Å². The number of nitrogens with one attached hydrogen (secondary N) is 2. The summed E-state index contributed by atoms with van der Waals surface area (Å²) in [6.07, 6.45) is 4.03. The van der Waals surface area contributed by atoms with E-state index in [1.165, 1.54) is 44.5 Å². The molecule has 0 amide bonds. The van der Waals surface area contributed by atoms with Gasteiger partial charge in [-0.2, -0.15) is 0 Å². The zero-order valence-electron chi connectivity index (χ0n) is 10.4. The van der Waals surface area contributed by atoms with Gasteiger partial charge in [0.1, 0.15) is 0 Å². The van der Waals surface area contributed by atoms with Crippen molar-refractivity contribution < 1.29 is 0 Å². The Kier molecular flexibility index (Phi) is 3.44. The lowest BCUT2D eigenvalue weighted by atomic mass is 10.1. The minimum absolute atomic E-state index is 0.742. The smallest absolute Gasteiger partial charge is 0.0143 e. The van der Waals surface area contributed by atoms with Crippen molar-refractivity contribution in [3.05, 3.63) is 35.9 Å². The predicted octanol–water partition coefficient (Wildman–Crippen LogP) is 2.13. The molecule has 0 bridgehead atoms. The van der Waals surface area contributed by atoms with Crippen molar-refractivity contribution in [3.63, 3.8) is 0 Å². The standard InChI is InChI=1S/C15H22N2/c1-2-4-13(5-3-1)14-10-15(14)17-9-7-12-6-8-16-11-12/h1-5,12,14-17H,6-11H2. The summed E-state index contributed by atoms with van der Waals surface area (Å²) < 4.78 is 0. The van der Waals surface area contributed by atoms with Crippen molar-refractivity contribution in [2.45, 2.75) is 31.2 Å². The molecular weight excluding hydrogens is 208 g/mol. The number of rotatable bonds is 5. The van der Waals surface area contributed by atoms with Gasteiger partial charge in [0.05, 0.1) is 0 Å². The largest absolute Gasteiger partial charge is 0.316 e. The van der Waals surface area contributed by atoms with Crippen LogP contribution in [0, 0.1) is 5.92 Å². The first kappa shape index (κ1) is 11.2. The third kappa shape index (κ3) is 2.88. The fourth-order valence-corrected chi connectivity index (χ4v) is 2.92. The predicted molar refractivity (Wildman–Crippen MR) is 71.2 cm³/mol. The van der Waals surface area contributed by atoms with Crippen LogP contribution in [0.4, 0.5) is 0 Å². The molecule has 2 heteroatoms. The van der Waals surface area contributed by atoms with Gasteiger partial charge >= 0.3 is 0 Å². The summed E-state index contributed by atoms with van der Waals surface area (Å²) in [5.41, 5.74) is 1.51. The quantitative estimate of drug-likeness (QED) is 0.810. The Balaban J connectivity index is 1.38. The molecule has 17 heavy (non-hydrogen) atoms. The molecule has 1 aliphatic carbocycles. The first-order valence-electron chi connectivity index (χ1n) is 6.92. The maximum atomic E-state index is 3.70. The number of hydrogen-bond acceptors (Lipinski definition) is 2. The second-order valence-electron chi connectivity index (χ2n) is 5.46. The fourth-order valence-electron chi connectivity index (χ4n) is 2.92. The third-order valence-corrected chi connectivity index (χ3v) is 4.14. The summed E-state index contributed by atoms with van der Waals surface area (Å²) in [4.78, 5) is 0. The Labute approximate surface area is 104 Å². The molecule has 1 saturated carbocycles. The van der Waals surface area contributed by atoms with Crippen molar-refractivity contribution in [2.75, 3.05) is 19.6 Å². The van der Waals surface area contributed by atoms with Gasteiger partial charge in [0.2, 0.25) is 0 Å². The first-order valence-corrected chi connectivity index (χ1v) is 6.92. The second kappa shape index (κ2) is 5.19. The molecule has 1 aromatic carbocycles. The minimum atomic E-state index is 0.742. The average Bonchev–Trinajstić information content (AvgIpc) is 2.95. The van der Waals surface area contributed by atoms with Crippen LogP contribution in [0.5, 0.6) is 0 Å². The van der Waals surface area contributed by atoms with E-state index >= 15 is 0 Å². The minimum Gasteiger partial charge on any atom is -0.316 e. The van der Waals surface area contributed by atoms with E-state index in [9.17, 15) is 0 Å². The molecule has 1 heterocycles. The van der Waals surface area contributed by atoms with Gasteiger partial charge in [-0.3, -0.25) is 0 Å². The SMILES string of the molecule is c1ccc(C2CC2NCCC2CCNC2)cc1. The lowest BCUT2D eigenvalue weighted by molar-refractivity contribution is 0.497. The van der Waals surface area contributed by atoms with Crippen LogP contribution in [-0.2, 0) is 0 Å². The topological polar surface area (TPSA) is 24.1 Å². The lowest BCUT2D eigenvalue weighted by Gasteiger charge is -2.09. The zero-order chi connectivity index (χ0) is 11.5. The molecule has 2 fully saturated rings. The van der Waals surface area contributed by atoms with Gasteiger partial charge in [0.25, 0.3) is 0 Å². The maximum absolute atomic E-state index is 3.70. The molecular formula is C15H22N2. The van der Waals surface area contributed by atoms with Crippen molar-refractivity contribution in [1.82, 2.24) is 10.6 Å². The summed E-state index contributed by atoms with van der Waals surface area (Å²) in [5.74, 6) is 1.69. The molecule has 3 rings (SSSR count). The summed E-state index contributed by atoms with van der Waals surface area (Å²) in [6, 6.07) is 11.7. The first-order chi connectivity index (χ1) is 8.43. The van der Waals surface area contributed by atoms with Crippen molar-refractivity contribution in [1.29, 1.82) is 0 Å². The van der Waals surface area contributed by atoms with Gasteiger partial charge in [-0.15, -0.1) is 0 Å². The van der Waals surface area contributed by atoms with Crippen LogP contribution in [0.3, 0.4) is 0 Å². The van der Waals surface area contributed by atoms with E-state index in [1.54, 1.807) is 0 Å². The zero-order valence-corrected chi connectivity index (χ0v) is 10.4. The van der Waals surface area contributed by atoms with Crippen LogP contribution in [0.1, 0.15) is 30.7 Å². The summed E-state index contributed by atoms with van der Waals surface area (Å²) in [7, 11) is 0. The summed E-state index contributed by atoms with van der Waals surface area (Å²) in [6.45, 7) is 3.65. The van der Waals surface area contributed by atoms with Gasteiger partial charge in [-0.1, -0.05) is 30.3 Å². The van der Waals surface area contributed by atoms with E-state index in [1.807, 2.05) is 0 Å². The molecule has 2 N–H and O–H groups in total. The Morgan fingerprint density at radius 2 is 2.12 bits per heavy atom. The molecule has 1 saturated heterocycles. The van der Waals surface area contributed by atoms with Crippen LogP contribution in [0.2, 0.25) is 0 Å². The normalized spacial score (nSPS) is 31.6. The molecule has 3 unspecified atom stereocenters. The Bertz CT molecular complexity index is 343. The van der Waals surface area contributed by atoms with Crippen LogP contribution in [0.15, 0.2) is 30.3 Å². The fraction of sp³-hybridized carbons (Fsp3) is 0.600. The van der Waals surface area contributed by atoms with E-state index in [4.69, 9.17) is 0 Å². The van der Waals surface area contributed by atoms with Crippen molar-refractivity contribution in [2.24, 2.45) is 5.92 Å². The molecule has 2 aliphatic rings. The average molecular weight is 230 g/mol. The molecule has 1 aromatic rings. The van der Waals surface area contributed by atoms with E-state index in [0.29, 0.717) is 0 Å². The summed E-state index contributed by atoms with van der Waals surface area (Å²) >= 11 is 0. The molecule has 0 aromatic heterocycles. The van der Waals surface area contributed by atoms with Gasteiger partial charge in [-0.25, -0.2) is 0 Å². The van der Waals surface area contributed by atoms with Crippen LogP contribution in [0.25, 0.3) is 0 Å². The van der Waals surface area contributed by atoms with Crippen molar-refractivity contribution >= 4 is 0 Å². The van der Waals surface area contributed by atoms with Crippen molar-refractivity contribution in [3.8, 4) is 0 Å². The highest BCUT2D eigenvalue weighted by molar-refractivity contribution is 5.27. The van der Waals surface area contributed by atoms with Gasteiger partial charge in [0, 0.05) is 12.0 Å². The van der Waals surface area contributed by atoms with Gasteiger partial charge in [-0.05, 0) is 50.4 Å². The van der Waals surface area contributed by atoms with E-state index in [0.717, 1.165) is 17.9 Å². The van der Waals surface area contributed by atoms with Crippen LogP contribution >= 0.6 is 0 Å². The number of hydrogen-bond donors (Lipinski definition) is 2. The maximum Gasteiger partial charge on any atom is 0.0143 e. The lowest BCUT2D eigenvalue weighted by Crippen LogP contribution is -2.22. The third-order valence-electron chi connectivity index (χ3n) is 4.14. The Morgan fingerprint density at radius 1 is 1.24 bits per heavy atom. The van der Waals surface area contributed by atoms with E-state index < -0.39 is 0 Å². The van der Waals surface area contributed by atoms with E-state index in [2.05, 4.69) is 41.0 Å². The van der Waals surface area contributed by atoms with E-state index in [-0.39, 0.29) is 0 Å². The summed E-state index contributed by atoms with van der Waals surface area (Å²) in [5, 5.41) is 7.14.